The molecule has 4 heteroatoms. The number of imidazole rings is 1. The van der Waals surface area contributed by atoms with Crippen molar-refractivity contribution in [2.24, 2.45) is 0 Å². The second-order valence-corrected chi connectivity index (χ2v) is 5.60. The van der Waals surface area contributed by atoms with E-state index in [-0.39, 0.29) is 5.78 Å². The SMILES string of the molecule is O=C(/C=C/c1ccc(Cc2ncc[nH]2)cc1)c1cccc(Cl)c1. The Morgan fingerprint density at radius 2 is 2.00 bits per heavy atom. The molecule has 1 aromatic heterocycles. The van der Waals surface area contributed by atoms with Crippen LogP contribution in [0, 0.1) is 0 Å². The van der Waals surface area contributed by atoms with E-state index >= 15 is 0 Å². The van der Waals surface area contributed by atoms with Crippen LogP contribution in [-0.4, -0.2) is 15.8 Å². The molecule has 0 fully saturated rings. The van der Waals surface area contributed by atoms with Crippen LogP contribution in [0.2, 0.25) is 5.02 Å². The number of H-pyrrole nitrogens is 1. The third-order valence-corrected chi connectivity index (χ3v) is 3.68. The predicted molar refractivity (Wildman–Crippen MR) is 92.7 cm³/mol. The van der Waals surface area contributed by atoms with E-state index in [0.29, 0.717) is 10.6 Å². The molecule has 0 unspecified atom stereocenters. The lowest BCUT2D eigenvalue weighted by atomic mass is 10.1. The summed E-state index contributed by atoms with van der Waals surface area (Å²) in [5.41, 5.74) is 2.73. The highest BCUT2D eigenvalue weighted by Gasteiger charge is 2.02. The van der Waals surface area contributed by atoms with Crippen LogP contribution in [0.4, 0.5) is 0 Å². The second-order valence-electron chi connectivity index (χ2n) is 5.16. The number of allylic oxidation sites excluding steroid dienone is 1. The fourth-order valence-corrected chi connectivity index (χ4v) is 2.43. The highest BCUT2D eigenvalue weighted by atomic mass is 35.5. The van der Waals surface area contributed by atoms with Crippen LogP contribution in [0.3, 0.4) is 0 Å². The minimum absolute atomic E-state index is 0.0628. The molecule has 0 bridgehead atoms. The van der Waals surface area contributed by atoms with Gasteiger partial charge in [-0.15, -0.1) is 0 Å². The summed E-state index contributed by atoms with van der Waals surface area (Å²) in [7, 11) is 0. The van der Waals surface area contributed by atoms with Gasteiger partial charge in [-0.1, -0.05) is 54.1 Å². The fraction of sp³-hybridized carbons (Fsp3) is 0.0526. The number of aromatic nitrogens is 2. The minimum atomic E-state index is -0.0628. The molecular formula is C19H15ClN2O. The molecule has 0 aliphatic carbocycles. The van der Waals surface area contributed by atoms with Crippen molar-refractivity contribution in [1.29, 1.82) is 0 Å². The molecule has 3 nitrogen and oxygen atoms in total. The van der Waals surface area contributed by atoms with Crippen molar-refractivity contribution in [2.45, 2.75) is 6.42 Å². The van der Waals surface area contributed by atoms with Crippen molar-refractivity contribution in [3.05, 3.63) is 94.5 Å². The maximum atomic E-state index is 12.1. The Hall–Kier alpha value is -2.65. The van der Waals surface area contributed by atoms with E-state index in [1.54, 1.807) is 42.6 Å². The zero-order valence-corrected chi connectivity index (χ0v) is 13.1. The highest BCUT2D eigenvalue weighted by Crippen LogP contribution is 2.13. The summed E-state index contributed by atoms with van der Waals surface area (Å²) in [6.45, 7) is 0. The predicted octanol–water partition coefficient (Wildman–Crippen LogP) is 4.55. The first-order valence-corrected chi connectivity index (χ1v) is 7.64. The minimum Gasteiger partial charge on any atom is -0.348 e. The summed E-state index contributed by atoms with van der Waals surface area (Å²) in [6, 6.07) is 15.0. The fourth-order valence-electron chi connectivity index (χ4n) is 2.24. The van der Waals surface area contributed by atoms with E-state index in [4.69, 9.17) is 11.6 Å². The lowest BCUT2D eigenvalue weighted by molar-refractivity contribution is 0.104. The summed E-state index contributed by atoms with van der Waals surface area (Å²) in [5, 5.41) is 0.562. The van der Waals surface area contributed by atoms with Crippen molar-refractivity contribution >= 4 is 23.5 Å². The van der Waals surface area contributed by atoms with Crippen LogP contribution in [0.25, 0.3) is 6.08 Å². The van der Waals surface area contributed by atoms with E-state index in [0.717, 1.165) is 17.8 Å². The molecular weight excluding hydrogens is 308 g/mol. The molecule has 0 spiro atoms. The van der Waals surface area contributed by atoms with Gasteiger partial charge in [0.05, 0.1) is 0 Å². The zero-order chi connectivity index (χ0) is 16.1. The topological polar surface area (TPSA) is 45.8 Å². The maximum Gasteiger partial charge on any atom is 0.185 e. The first kappa shape index (κ1) is 15.3. The summed E-state index contributed by atoms with van der Waals surface area (Å²) >= 11 is 5.90. The molecule has 1 heterocycles. The molecule has 23 heavy (non-hydrogen) atoms. The van der Waals surface area contributed by atoms with Gasteiger partial charge < -0.3 is 4.98 Å². The first-order valence-electron chi connectivity index (χ1n) is 7.26. The quantitative estimate of drug-likeness (QED) is 0.553. The Morgan fingerprint density at radius 1 is 1.17 bits per heavy atom. The van der Waals surface area contributed by atoms with Gasteiger partial charge in [0.25, 0.3) is 0 Å². The molecule has 3 rings (SSSR count). The van der Waals surface area contributed by atoms with Gasteiger partial charge in [0, 0.05) is 29.4 Å². The molecule has 0 aliphatic heterocycles. The van der Waals surface area contributed by atoms with E-state index < -0.39 is 0 Å². The molecule has 0 saturated carbocycles. The molecule has 2 aromatic carbocycles. The van der Waals surface area contributed by atoms with Crippen molar-refractivity contribution < 1.29 is 4.79 Å². The summed E-state index contributed by atoms with van der Waals surface area (Å²) in [4.78, 5) is 19.4. The number of carbonyl (C=O) groups is 1. The third kappa shape index (κ3) is 4.18. The van der Waals surface area contributed by atoms with Crippen molar-refractivity contribution in [1.82, 2.24) is 9.97 Å². The van der Waals surface area contributed by atoms with Crippen molar-refractivity contribution in [3.8, 4) is 0 Å². The zero-order valence-electron chi connectivity index (χ0n) is 12.4. The smallest absolute Gasteiger partial charge is 0.185 e. The summed E-state index contributed by atoms with van der Waals surface area (Å²) < 4.78 is 0. The lowest BCUT2D eigenvalue weighted by Crippen LogP contribution is -1.93. The van der Waals surface area contributed by atoms with E-state index in [1.165, 1.54) is 5.56 Å². The Bertz CT molecular complexity index is 821. The standard InChI is InChI=1S/C19H15ClN2O/c20-17-3-1-2-16(13-17)18(23)9-8-14-4-6-15(7-5-14)12-19-21-10-11-22-19/h1-11,13H,12H2,(H,21,22)/b9-8+. The summed E-state index contributed by atoms with van der Waals surface area (Å²) in [5.74, 6) is 0.872. The third-order valence-electron chi connectivity index (χ3n) is 3.44. The van der Waals surface area contributed by atoms with Gasteiger partial charge in [0.2, 0.25) is 0 Å². The number of halogens is 1. The van der Waals surface area contributed by atoms with Crippen LogP contribution in [0.5, 0.6) is 0 Å². The van der Waals surface area contributed by atoms with Crippen LogP contribution in [0.1, 0.15) is 27.3 Å². The Kier molecular flexibility index (Phi) is 4.69. The first-order chi connectivity index (χ1) is 11.2. The van der Waals surface area contributed by atoms with E-state index in [9.17, 15) is 4.79 Å². The van der Waals surface area contributed by atoms with Crippen LogP contribution >= 0.6 is 11.6 Å². The molecule has 114 valence electrons. The van der Waals surface area contributed by atoms with Gasteiger partial charge in [-0.3, -0.25) is 4.79 Å². The molecule has 0 atom stereocenters. The number of carbonyl (C=O) groups excluding carboxylic acids is 1. The molecule has 0 amide bonds. The highest BCUT2D eigenvalue weighted by molar-refractivity contribution is 6.31. The van der Waals surface area contributed by atoms with Gasteiger partial charge in [0.1, 0.15) is 5.82 Å². The number of benzene rings is 2. The Morgan fingerprint density at radius 3 is 2.70 bits per heavy atom. The van der Waals surface area contributed by atoms with Gasteiger partial charge in [-0.2, -0.15) is 0 Å². The molecule has 0 saturated heterocycles. The second kappa shape index (κ2) is 7.07. The molecule has 0 aliphatic rings. The van der Waals surface area contributed by atoms with Crippen molar-refractivity contribution in [3.63, 3.8) is 0 Å². The number of aromatic amines is 1. The van der Waals surface area contributed by atoms with Gasteiger partial charge in [-0.05, 0) is 29.3 Å². The average molecular weight is 323 g/mol. The van der Waals surface area contributed by atoms with E-state index in [1.807, 2.05) is 30.5 Å². The summed E-state index contributed by atoms with van der Waals surface area (Å²) in [6.07, 6.45) is 7.69. The number of hydrogen-bond donors (Lipinski definition) is 1. The van der Waals surface area contributed by atoms with E-state index in [2.05, 4.69) is 9.97 Å². The van der Waals surface area contributed by atoms with Crippen LogP contribution in [-0.2, 0) is 6.42 Å². The van der Waals surface area contributed by atoms with Crippen molar-refractivity contribution in [2.75, 3.05) is 0 Å². The van der Waals surface area contributed by atoms with Crippen LogP contribution in [0.15, 0.2) is 67.0 Å². The van der Waals surface area contributed by atoms with Gasteiger partial charge in [-0.25, -0.2) is 4.98 Å². The number of rotatable bonds is 5. The molecule has 3 aromatic rings. The van der Waals surface area contributed by atoms with Gasteiger partial charge >= 0.3 is 0 Å². The normalized spacial score (nSPS) is 11.0. The number of nitrogens with one attached hydrogen (secondary N) is 1. The molecule has 0 radical (unpaired) electrons. The monoisotopic (exact) mass is 322 g/mol. The van der Waals surface area contributed by atoms with Gasteiger partial charge in [0.15, 0.2) is 5.78 Å². The number of nitrogens with zero attached hydrogens (tertiary/aromatic N) is 1. The number of ketones is 1. The maximum absolute atomic E-state index is 12.1. The average Bonchev–Trinajstić information content (AvgIpc) is 3.07. The van der Waals surface area contributed by atoms with Crippen LogP contribution < -0.4 is 0 Å². The molecule has 1 N–H and O–H groups in total. The Labute approximate surface area is 139 Å². The Balaban J connectivity index is 1.66. The number of hydrogen-bond acceptors (Lipinski definition) is 2. The lowest BCUT2D eigenvalue weighted by Gasteiger charge is -2.00. The largest absolute Gasteiger partial charge is 0.348 e.